The van der Waals surface area contributed by atoms with E-state index in [9.17, 15) is 5.11 Å². The van der Waals surface area contributed by atoms with E-state index in [2.05, 4.69) is 26.1 Å². The Labute approximate surface area is 126 Å². The van der Waals surface area contributed by atoms with Crippen LogP contribution < -0.4 is 0 Å². The van der Waals surface area contributed by atoms with Crippen molar-refractivity contribution in [1.29, 1.82) is 0 Å². The van der Waals surface area contributed by atoms with Crippen LogP contribution in [0.2, 0.25) is 0 Å². The van der Waals surface area contributed by atoms with E-state index in [1.54, 1.807) is 0 Å². The van der Waals surface area contributed by atoms with E-state index in [4.69, 9.17) is 4.52 Å². The van der Waals surface area contributed by atoms with Crippen LogP contribution in [0.4, 0.5) is 0 Å². The lowest BCUT2D eigenvalue weighted by Gasteiger charge is -2.24. The maximum Gasteiger partial charge on any atom is 0.232 e. The summed E-state index contributed by atoms with van der Waals surface area (Å²) in [5, 5.41) is 14.1. The third-order valence-corrected chi connectivity index (χ3v) is 4.33. The fourth-order valence-electron chi connectivity index (χ4n) is 2.67. The van der Waals surface area contributed by atoms with Crippen LogP contribution in [-0.4, -0.2) is 21.4 Å². The highest BCUT2D eigenvalue weighted by molar-refractivity contribution is 9.10. The molecule has 2 aromatic rings. The van der Waals surface area contributed by atoms with Gasteiger partial charge in [0.05, 0.1) is 12.0 Å². The normalized spacial score (nSPS) is 22.9. The van der Waals surface area contributed by atoms with Gasteiger partial charge in [0, 0.05) is 10.9 Å². The monoisotopic (exact) mass is 336 g/mol. The molecule has 0 amide bonds. The minimum atomic E-state index is -0.343. The lowest BCUT2D eigenvalue weighted by Crippen LogP contribution is -2.22. The van der Waals surface area contributed by atoms with Gasteiger partial charge in [-0.2, -0.15) is 4.98 Å². The summed E-state index contributed by atoms with van der Waals surface area (Å²) in [7, 11) is 0. The fourth-order valence-corrected chi connectivity index (χ4v) is 2.94. The first-order chi connectivity index (χ1) is 9.72. The van der Waals surface area contributed by atoms with Gasteiger partial charge in [0.2, 0.25) is 5.89 Å². The van der Waals surface area contributed by atoms with Gasteiger partial charge in [-0.15, -0.1) is 0 Å². The second-order valence-electron chi connectivity index (χ2n) is 5.31. The highest BCUT2D eigenvalue weighted by Gasteiger charge is 2.29. The Hall–Kier alpha value is -1.20. The molecule has 1 aliphatic rings. The maximum atomic E-state index is 10.0. The number of aliphatic hydroxyl groups is 1. The number of halogens is 1. The molecule has 1 heterocycles. The number of rotatable bonds is 3. The van der Waals surface area contributed by atoms with E-state index >= 15 is 0 Å². The summed E-state index contributed by atoms with van der Waals surface area (Å²) in [4.78, 5) is 4.45. The van der Waals surface area contributed by atoms with Crippen LogP contribution >= 0.6 is 15.9 Å². The molecule has 0 bridgehead atoms. The Morgan fingerprint density at radius 2 is 1.95 bits per heavy atom. The van der Waals surface area contributed by atoms with Crippen LogP contribution in [-0.2, 0) is 6.42 Å². The van der Waals surface area contributed by atoms with Gasteiger partial charge in [0.1, 0.15) is 0 Å². The topological polar surface area (TPSA) is 59.2 Å². The molecule has 20 heavy (non-hydrogen) atoms. The van der Waals surface area contributed by atoms with Crippen molar-refractivity contribution in [3.63, 3.8) is 0 Å². The quantitative estimate of drug-likeness (QED) is 0.932. The number of aliphatic hydroxyl groups excluding tert-OH is 1. The van der Waals surface area contributed by atoms with Crippen molar-refractivity contribution < 1.29 is 9.63 Å². The van der Waals surface area contributed by atoms with Gasteiger partial charge in [-0.1, -0.05) is 46.1 Å². The van der Waals surface area contributed by atoms with Crippen molar-refractivity contribution in [2.75, 3.05) is 0 Å². The molecule has 1 aliphatic carbocycles. The van der Waals surface area contributed by atoms with Crippen molar-refractivity contribution >= 4 is 15.9 Å². The van der Waals surface area contributed by atoms with E-state index in [0.29, 0.717) is 18.1 Å². The van der Waals surface area contributed by atoms with Crippen LogP contribution in [0, 0.1) is 0 Å². The number of hydrogen-bond acceptors (Lipinski definition) is 4. The Balaban J connectivity index is 1.71. The van der Waals surface area contributed by atoms with Gasteiger partial charge in [-0.3, -0.25) is 0 Å². The number of aromatic nitrogens is 2. The van der Waals surface area contributed by atoms with Gasteiger partial charge in [-0.05, 0) is 30.5 Å². The average Bonchev–Trinajstić information content (AvgIpc) is 2.90. The molecule has 0 aliphatic heterocycles. The molecule has 1 aromatic carbocycles. The van der Waals surface area contributed by atoms with Gasteiger partial charge < -0.3 is 9.63 Å². The summed E-state index contributed by atoms with van der Waals surface area (Å²) < 4.78 is 6.40. The highest BCUT2D eigenvalue weighted by atomic mass is 79.9. The Kier molecular flexibility index (Phi) is 4.17. The second kappa shape index (κ2) is 6.06. The molecule has 5 heteroatoms. The maximum absolute atomic E-state index is 10.0. The molecule has 0 radical (unpaired) electrons. The summed E-state index contributed by atoms with van der Waals surface area (Å²) >= 11 is 3.42. The van der Waals surface area contributed by atoms with Crippen molar-refractivity contribution in [1.82, 2.24) is 10.1 Å². The minimum Gasteiger partial charge on any atom is -0.392 e. The lowest BCUT2D eigenvalue weighted by atomic mass is 9.86. The van der Waals surface area contributed by atoms with Crippen LogP contribution in [0.25, 0.3) is 0 Å². The minimum absolute atomic E-state index is 0.00918. The lowest BCUT2D eigenvalue weighted by molar-refractivity contribution is 0.0908. The summed E-state index contributed by atoms with van der Waals surface area (Å²) in [6, 6.07) is 8.08. The van der Waals surface area contributed by atoms with Crippen molar-refractivity contribution in [2.24, 2.45) is 0 Å². The molecule has 106 valence electrons. The number of benzene rings is 1. The second-order valence-corrected chi connectivity index (χ2v) is 6.23. The average molecular weight is 337 g/mol. The van der Waals surface area contributed by atoms with Crippen molar-refractivity contribution in [3.8, 4) is 0 Å². The molecule has 3 rings (SSSR count). The van der Waals surface area contributed by atoms with Gasteiger partial charge >= 0.3 is 0 Å². The first kappa shape index (κ1) is 13.8. The summed E-state index contributed by atoms with van der Waals surface area (Å²) in [6.45, 7) is 0. The van der Waals surface area contributed by atoms with Crippen LogP contribution in [0.1, 0.15) is 48.9 Å². The van der Waals surface area contributed by atoms with E-state index in [1.807, 2.05) is 24.3 Å². The van der Waals surface area contributed by atoms with Crippen LogP contribution in [0.5, 0.6) is 0 Å². The third kappa shape index (κ3) is 3.10. The van der Waals surface area contributed by atoms with Gasteiger partial charge in [0.25, 0.3) is 0 Å². The molecule has 0 spiro atoms. The Bertz CT molecular complexity index is 568. The first-order valence-corrected chi connectivity index (χ1v) is 7.76. The smallest absolute Gasteiger partial charge is 0.232 e. The molecule has 1 N–H and O–H groups in total. The van der Waals surface area contributed by atoms with Crippen LogP contribution in [0.3, 0.4) is 0 Å². The molecular formula is C15H17BrN2O2. The fraction of sp³-hybridized carbons (Fsp3) is 0.467. The SMILES string of the molecule is OC1CCCCC1c1nc(Cc2ccc(Br)cc2)no1. The van der Waals surface area contributed by atoms with Crippen molar-refractivity contribution in [2.45, 2.75) is 44.1 Å². The molecular weight excluding hydrogens is 320 g/mol. The summed E-state index contributed by atoms with van der Waals surface area (Å²) in [5.74, 6) is 1.28. The third-order valence-electron chi connectivity index (χ3n) is 3.81. The molecule has 1 fully saturated rings. The number of nitrogens with zero attached hydrogens (tertiary/aromatic N) is 2. The Morgan fingerprint density at radius 1 is 1.20 bits per heavy atom. The zero-order chi connectivity index (χ0) is 13.9. The van der Waals surface area contributed by atoms with Gasteiger partial charge in [0.15, 0.2) is 5.82 Å². The highest BCUT2D eigenvalue weighted by Crippen LogP contribution is 2.32. The van der Waals surface area contributed by atoms with E-state index in [-0.39, 0.29) is 12.0 Å². The zero-order valence-corrected chi connectivity index (χ0v) is 12.7. The van der Waals surface area contributed by atoms with Gasteiger partial charge in [-0.25, -0.2) is 0 Å². The van der Waals surface area contributed by atoms with Crippen molar-refractivity contribution in [3.05, 3.63) is 46.0 Å². The molecule has 4 nitrogen and oxygen atoms in total. The molecule has 1 saturated carbocycles. The van der Waals surface area contributed by atoms with E-state index in [0.717, 1.165) is 35.7 Å². The molecule has 2 unspecified atom stereocenters. The van der Waals surface area contributed by atoms with E-state index in [1.165, 1.54) is 0 Å². The standard InChI is InChI=1S/C15H17BrN2O2/c16-11-7-5-10(6-8-11)9-14-17-15(20-18-14)12-3-1-2-4-13(12)19/h5-8,12-13,19H,1-4,9H2. The molecule has 2 atom stereocenters. The summed E-state index contributed by atoms with van der Waals surface area (Å²) in [6.07, 6.45) is 4.27. The molecule has 1 aromatic heterocycles. The Morgan fingerprint density at radius 3 is 2.70 bits per heavy atom. The van der Waals surface area contributed by atoms with E-state index < -0.39 is 0 Å². The largest absolute Gasteiger partial charge is 0.392 e. The van der Waals surface area contributed by atoms with Crippen LogP contribution in [0.15, 0.2) is 33.3 Å². The molecule has 0 saturated heterocycles. The predicted molar refractivity (Wildman–Crippen MR) is 78.5 cm³/mol. The number of hydrogen-bond donors (Lipinski definition) is 1. The predicted octanol–water partition coefficient (Wildman–Crippen LogP) is 3.44. The first-order valence-electron chi connectivity index (χ1n) is 6.97. The zero-order valence-electron chi connectivity index (χ0n) is 11.1. The summed E-state index contributed by atoms with van der Waals surface area (Å²) in [5.41, 5.74) is 1.14.